The standard InChI is InChI=1S/C13H16N4O2S/c18-12(16-5-1-2-6-16)9-20-13-15-14-10-17(13)8-11-4-3-7-19-11/h3-4,7,10H,1-2,5-6,8-9H2. The highest BCUT2D eigenvalue weighted by molar-refractivity contribution is 7.99. The van der Waals surface area contributed by atoms with Crippen molar-refractivity contribution in [3.63, 3.8) is 0 Å². The summed E-state index contributed by atoms with van der Waals surface area (Å²) in [5.74, 6) is 1.44. The Hall–Kier alpha value is -1.76. The van der Waals surface area contributed by atoms with Crippen LogP contribution in [0, 0.1) is 0 Å². The molecule has 20 heavy (non-hydrogen) atoms. The molecule has 0 unspecified atom stereocenters. The molecular formula is C13H16N4O2S. The Morgan fingerprint density at radius 1 is 1.40 bits per heavy atom. The molecule has 6 nitrogen and oxygen atoms in total. The van der Waals surface area contributed by atoms with E-state index >= 15 is 0 Å². The quantitative estimate of drug-likeness (QED) is 0.784. The van der Waals surface area contributed by atoms with E-state index in [0.29, 0.717) is 12.3 Å². The average molecular weight is 292 g/mol. The van der Waals surface area contributed by atoms with Gasteiger partial charge in [-0.2, -0.15) is 0 Å². The number of furan rings is 1. The summed E-state index contributed by atoms with van der Waals surface area (Å²) in [7, 11) is 0. The fraction of sp³-hybridized carbons (Fsp3) is 0.462. The Morgan fingerprint density at radius 2 is 2.25 bits per heavy atom. The zero-order valence-corrected chi connectivity index (χ0v) is 11.9. The maximum absolute atomic E-state index is 12.0. The number of nitrogens with zero attached hydrogens (tertiary/aromatic N) is 4. The fourth-order valence-electron chi connectivity index (χ4n) is 2.22. The van der Waals surface area contributed by atoms with Crippen molar-refractivity contribution in [1.82, 2.24) is 19.7 Å². The topological polar surface area (TPSA) is 64.2 Å². The van der Waals surface area contributed by atoms with Crippen molar-refractivity contribution in [3.05, 3.63) is 30.5 Å². The lowest BCUT2D eigenvalue weighted by Gasteiger charge is -2.14. The number of hydrogen-bond acceptors (Lipinski definition) is 5. The largest absolute Gasteiger partial charge is 0.467 e. The van der Waals surface area contributed by atoms with Gasteiger partial charge in [-0.15, -0.1) is 10.2 Å². The van der Waals surface area contributed by atoms with E-state index in [4.69, 9.17) is 4.42 Å². The molecule has 0 aromatic carbocycles. The second-order valence-corrected chi connectivity index (χ2v) is 5.64. The van der Waals surface area contributed by atoms with Crippen LogP contribution in [0.25, 0.3) is 0 Å². The summed E-state index contributed by atoms with van der Waals surface area (Å²) in [6, 6.07) is 3.76. The normalized spacial score (nSPS) is 14.9. The summed E-state index contributed by atoms with van der Waals surface area (Å²) in [6.07, 6.45) is 5.53. The number of carbonyl (C=O) groups excluding carboxylic acids is 1. The number of rotatable bonds is 5. The number of hydrogen-bond donors (Lipinski definition) is 0. The highest BCUT2D eigenvalue weighted by atomic mass is 32.2. The lowest BCUT2D eigenvalue weighted by atomic mass is 10.4. The summed E-state index contributed by atoms with van der Waals surface area (Å²) in [6.45, 7) is 2.36. The minimum absolute atomic E-state index is 0.181. The first-order valence-corrected chi connectivity index (χ1v) is 7.62. The zero-order valence-electron chi connectivity index (χ0n) is 11.1. The lowest BCUT2D eigenvalue weighted by molar-refractivity contribution is -0.127. The number of aromatic nitrogens is 3. The van der Waals surface area contributed by atoms with Crippen molar-refractivity contribution in [1.29, 1.82) is 0 Å². The molecule has 106 valence electrons. The van der Waals surface area contributed by atoms with Crippen LogP contribution in [-0.2, 0) is 11.3 Å². The van der Waals surface area contributed by atoms with Gasteiger partial charge in [-0.1, -0.05) is 11.8 Å². The second kappa shape index (κ2) is 6.13. The number of carbonyl (C=O) groups is 1. The van der Waals surface area contributed by atoms with Crippen molar-refractivity contribution in [3.8, 4) is 0 Å². The van der Waals surface area contributed by atoms with Gasteiger partial charge in [-0.25, -0.2) is 0 Å². The predicted octanol–water partition coefficient (Wildman–Crippen LogP) is 1.63. The van der Waals surface area contributed by atoms with E-state index in [2.05, 4.69) is 10.2 Å². The highest BCUT2D eigenvalue weighted by Gasteiger charge is 2.18. The number of likely N-dealkylation sites (tertiary alicyclic amines) is 1. The third-order valence-electron chi connectivity index (χ3n) is 3.27. The summed E-state index contributed by atoms with van der Waals surface area (Å²) < 4.78 is 7.20. The maximum Gasteiger partial charge on any atom is 0.233 e. The molecule has 3 rings (SSSR count). The van der Waals surface area contributed by atoms with Crippen LogP contribution in [0.2, 0.25) is 0 Å². The van der Waals surface area contributed by atoms with Crippen LogP contribution in [0.3, 0.4) is 0 Å². The third kappa shape index (κ3) is 3.04. The Labute approximate surface area is 121 Å². The monoisotopic (exact) mass is 292 g/mol. The van der Waals surface area contributed by atoms with Gasteiger partial charge in [0.15, 0.2) is 5.16 Å². The van der Waals surface area contributed by atoms with Crippen LogP contribution in [0.15, 0.2) is 34.3 Å². The highest BCUT2D eigenvalue weighted by Crippen LogP contribution is 2.18. The minimum atomic E-state index is 0.181. The van der Waals surface area contributed by atoms with E-state index in [0.717, 1.165) is 36.8 Å². The van der Waals surface area contributed by atoms with Crippen LogP contribution >= 0.6 is 11.8 Å². The second-order valence-electron chi connectivity index (χ2n) is 4.70. The van der Waals surface area contributed by atoms with Gasteiger partial charge in [0.25, 0.3) is 0 Å². The molecule has 3 heterocycles. The summed E-state index contributed by atoms with van der Waals surface area (Å²) in [5, 5.41) is 8.71. The Balaban J connectivity index is 1.57. The smallest absolute Gasteiger partial charge is 0.233 e. The predicted molar refractivity (Wildman–Crippen MR) is 74.4 cm³/mol. The summed E-state index contributed by atoms with van der Waals surface area (Å²) in [5.41, 5.74) is 0. The molecule has 1 saturated heterocycles. The third-order valence-corrected chi connectivity index (χ3v) is 4.24. The van der Waals surface area contributed by atoms with E-state index in [-0.39, 0.29) is 5.91 Å². The molecule has 1 amide bonds. The number of thioether (sulfide) groups is 1. The minimum Gasteiger partial charge on any atom is -0.467 e. The maximum atomic E-state index is 12.0. The van der Waals surface area contributed by atoms with Crippen LogP contribution in [0.5, 0.6) is 0 Å². The molecule has 0 saturated carbocycles. The molecule has 0 spiro atoms. The molecule has 2 aromatic rings. The first-order chi connectivity index (χ1) is 9.83. The average Bonchev–Trinajstić information content (AvgIpc) is 3.20. The molecule has 0 bridgehead atoms. The van der Waals surface area contributed by atoms with Crippen LogP contribution < -0.4 is 0 Å². The van der Waals surface area contributed by atoms with Crippen molar-refractivity contribution < 1.29 is 9.21 Å². The van der Waals surface area contributed by atoms with E-state index in [9.17, 15) is 4.79 Å². The van der Waals surface area contributed by atoms with E-state index in [1.807, 2.05) is 21.6 Å². The van der Waals surface area contributed by atoms with Gasteiger partial charge in [-0.3, -0.25) is 4.79 Å². The SMILES string of the molecule is O=C(CSc1nncn1Cc1ccco1)N1CCCC1. The van der Waals surface area contributed by atoms with E-state index < -0.39 is 0 Å². The molecule has 2 aromatic heterocycles. The Morgan fingerprint density at radius 3 is 3.00 bits per heavy atom. The molecule has 1 aliphatic rings. The van der Waals surface area contributed by atoms with Crippen molar-refractivity contribution in [2.75, 3.05) is 18.8 Å². The molecule has 1 aliphatic heterocycles. The summed E-state index contributed by atoms with van der Waals surface area (Å²) >= 11 is 1.43. The number of amides is 1. The van der Waals surface area contributed by atoms with Crippen molar-refractivity contribution in [2.24, 2.45) is 0 Å². The van der Waals surface area contributed by atoms with Crippen molar-refractivity contribution >= 4 is 17.7 Å². The van der Waals surface area contributed by atoms with Crippen LogP contribution in [0.4, 0.5) is 0 Å². The zero-order chi connectivity index (χ0) is 13.8. The molecular weight excluding hydrogens is 276 g/mol. The molecule has 1 fully saturated rings. The Bertz CT molecular complexity index is 561. The Kier molecular flexibility index (Phi) is 4.05. The fourth-order valence-corrected chi connectivity index (χ4v) is 3.04. The van der Waals surface area contributed by atoms with Gasteiger partial charge >= 0.3 is 0 Å². The first-order valence-electron chi connectivity index (χ1n) is 6.64. The molecule has 0 radical (unpaired) electrons. The lowest BCUT2D eigenvalue weighted by Crippen LogP contribution is -2.29. The van der Waals surface area contributed by atoms with Crippen LogP contribution in [-0.4, -0.2) is 44.4 Å². The van der Waals surface area contributed by atoms with Gasteiger partial charge in [0.2, 0.25) is 5.91 Å². The van der Waals surface area contributed by atoms with Gasteiger partial charge in [0, 0.05) is 13.1 Å². The molecule has 0 aliphatic carbocycles. The van der Waals surface area contributed by atoms with E-state index in [1.165, 1.54) is 11.8 Å². The van der Waals surface area contributed by atoms with Gasteiger partial charge in [0.1, 0.15) is 12.1 Å². The van der Waals surface area contributed by atoms with E-state index in [1.54, 1.807) is 12.6 Å². The molecule has 0 atom stereocenters. The van der Waals surface area contributed by atoms with Gasteiger partial charge in [0.05, 0.1) is 18.6 Å². The van der Waals surface area contributed by atoms with Crippen LogP contribution in [0.1, 0.15) is 18.6 Å². The molecule has 7 heteroatoms. The summed E-state index contributed by atoms with van der Waals surface area (Å²) in [4.78, 5) is 13.9. The molecule has 0 N–H and O–H groups in total. The first kappa shape index (κ1) is 13.2. The van der Waals surface area contributed by atoms with Gasteiger partial charge < -0.3 is 13.9 Å². The van der Waals surface area contributed by atoms with Crippen molar-refractivity contribution in [2.45, 2.75) is 24.5 Å². The van der Waals surface area contributed by atoms with Gasteiger partial charge in [-0.05, 0) is 25.0 Å².